The fourth-order valence-electron chi connectivity index (χ4n) is 4.52. The van der Waals surface area contributed by atoms with E-state index in [1.165, 1.54) is 12.1 Å². The Morgan fingerprint density at radius 3 is 2.41 bits per heavy atom. The fraction of sp³-hybridized carbons (Fsp3) is 0.138. The van der Waals surface area contributed by atoms with Gasteiger partial charge in [0, 0.05) is 17.3 Å². The van der Waals surface area contributed by atoms with E-state index in [1.54, 1.807) is 25.1 Å². The number of alkyl halides is 3. The van der Waals surface area contributed by atoms with Crippen LogP contribution in [0, 0.1) is 13.8 Å². The molecule has 0 saturated heterocycles. The number of ether oxygens (including phenoxy) is 1. The van der Waals surface area contributed by atoms with Crippen LogP contribution in [0.2, 0.25) is 0 Å². The zero-order chi connectivity index (χ0) is 27.9. The Labute approximate surface area is 225 Å². The van der Waals surface area contributed by atoms with Gasteiger partial charge in [0.2, 0.25) is 5.78 Å². The van der Waals surface area contributed by atoms with Gasteiger partial charge in [-0.3, -0.25) is 14.5 Å². The van der Waals surface area contributed by atoms with Crippen molar-refractivity contribution in [2.75, 3.05) is 4.90 Å². The standard InChI is InChI=1S/C29H21F3N2O4S/c1-16-8-6-11-19(14-16)23-22(24(35)26-17(2)33-27(39-26)18-9-4-3-5-10-18)25(36)28(37)34(23)20-12-7-13-21(15-20)38-29(30,31)32/h3-15,23,36H,1-2H3. The summed E-state index contributed by atoms with van der Waals surface area (Å²) < 4.78 is 42.7. The number of hydrogen-bond donors (Lipinski definition) is 1. The second kappa shape index (κ2) is 10.0. The number of Topliss-reactive ketones (excluding diaryl/α,β-unsaturated/α-hetero) is 1. The number of aliphatic hydroxyl groups is 1. The summed E-state index contributed by atoms with van der Waals surface area (Å²) in [6.07, 6.45) is -4.94. The molecule has 0 saturated carbocycles. The minimum atomic E-state index is -4.94. The molecule has 0 fully saturated rings. The minimum absolute atomic E-state index is 0.0219. The molecule has 1 aliphatic rings. The number of nitrogens with zero attached hydrogens (tertiary/aromatic N) is 2. The Balaban J connectivity index is 1.62. The second-order valence-electron chi connectivity index (χ2n) is 8.93. The van der Waals surface area contributed by atoms with E-state index in [1.807, 2.05) is 43.3 Å². The number of carbonyl (C=O) groups is 2. The van der Waals surface area contributed by atoms with Gasteiger partial charge >= 0.3 is 6.36 Å². The molecule has 0 aliphatic carbocycles. The zero-order valence-electron chi connectivity index (χ0n) is 20.7. The highest BCUT2D eigenvalue weighted by Gasteiger charge is 2.45. The quantitative estimate of drug-likeness (QED) is 0.259. The second-order valence-corrected chi connectivity index (χ2v) is 9.93. The number of hydrogen-bond acceptors (Lipinski definition) is 6. The van der Waals surface area contributed by atoms with Crippen LogP contribution in [0.5, 0.6) is 5.75 Å². The SMILES string of the molecule is Cc1cccc(C2C(C(=O)c3sc(-c4ccccc4)nc3C)=C(O)C(=O)N2c2cccc(OC(F)(F)F)c2)c1. The van der Waals surface area contributed by atoms with Crippen LogP contribution >= 0.6 is 11.3 Å². The molecule has 5 rings (SSSR count). The molecule has 1 unspecified atom stereocenters. The number of thiazole rings is 1. The lowest BCUT2D eigenvalue weighted by Crippen LogP contribution is -2.31. The number of rotatable bonds is 6. The number of halogens is 3. The molecule has 1 aliphatic heterocycles. The van der Waals surface area contributed by atoms with Gasteiger partial charge < -0.3 is 9.84 Å². The third-order valence-corrected chi connectivity index (χ3v) is 7.37. The van der Waals surface area contributed by atoms with Crippen molar-refractivity contribution in [1.82, 2.24) is 4.98 Å². The van der Waals surface area contributed by atoms with E-state index in [2.05, 4.69) is 9.72 Å². The lowest BCUT2D eigenvalue weighted by atomic mass is 9.94. The Bertz CT molecular complexity index is 1610. The third-order valence-electron chi connectivity index (χ3n) is 6.16. The van der Waals surface area contributed by atoms with E-state index >= 15 is 0 Å². The van der Waals surface area contributed by atoms with Crippen LogP contribution in [0.25, 0.3) is 10.6 Å². The molecule has 3 aromatic carbocycles. The summed E-state index contributed by atoms with van der Waals surface area (Å²) >= 11 is 1.14. The molecule has 1 atom stereocenters. The summed E-state index contributed by atoms with van der Waals surface area (Å²) in [6, 6.07) is 20.0. The van der Waals surface area contributed by atoms with Gasteiger partial charge in [0.1, 0.15) is 10.8 Å². The monoisotopic (exact) mass is 550 g/mol. The molecule has 6 nitrogen and oxygen atoms in total. The molecule has 0 radical (unpaired) electrons. The zero-order valence-corrected chi connectivity index (χ0v) is 21.5. The Hall–Kier alpha value is -4.44. The number of ketones is 1. The van der Waals surface area contributed by atoms with Gasteiger partial charge in [-0.2, -0.15) is 0 Å². The van der Waals surface area contributed by atoms with E-state index < -0.39 is 35.6 Å². The average Bonchev–Trinajstić information content (AvgIpc) is 3.40. The molecule has 39 heavy (non-hydrogen) atoms. The number of amides is 1. The van der Waals surface area contributed by atoms with Crippen LogP contribution in [-0.2, 0) is 4.79 Å². The first-order valence-electron chi connectivity index (χ1n) is 11.8. The lowest BCUT2D eigenvalue weighted by Gasteiger charge is -2.27. The maximum Gasteiger partial charge on any atom is 0.573 e. The molecular weight excluding hydrogens is 529 g/mol. The molecule has 1 N–H and O–H groups in total. The van der Waals surface area contributed by atoms with Crippen molar-refractivity contribution in [2.24, 2.45) is 0 Å². The Kier molecular flexibility index (Phi) is 6.73. The van der Waals surface area contributed by atoms with Crippen molar-refractivity contribution in [3.05, 3.63) is 112 Å². The van der Waals surface area contributed by atoms with E-state index in [0.29, 0.717) is 16.3 Å². The first-order valence-corrected chi connectivity index (χ1v) is 12.6. The van der Waals surface area contributed by atoms with Gasteiger partial charge in [0.15, 0.2) is 5.76 Å². The highest BCUT2D eigenvalue weighted by atomic mass is 32.1. The third kappa shape index (κ3) is 5.15. The highest BCUT2D eigenvalue weighted by molar-refractivity contribution is 7.17. The molecule has 1 aromatic heterocycles. The lowest BCUT2D eigenvalue weighted by molar-refractivity contribution is -0.274. The van der Waals surface area contributed by atoms with Crippen molar-refractivity contribution >= 4 is 28.7 Å². The molecule has 198 valence electrons. The Morgan fingerprint density at radius 1 is 1.00 bits per heavy atom. The molecule has 1 amide bonds. The summed E-state index contributed by atoms with van der Waals surface area (Å²) in [6.45, 7) is 3.49. The van der Waals surface area contributed by atoms with Crippen LogP contribution in [0.15, 0.2) is 90.2 Å². The maximum absolute atomic E-state index is 14.0. The molecule has 0 spiro atoms. The van der Waals surface area contributed by atoms with Crippen LogP contribution < -0.4 is 9.64 Å². The normalized spacial score (nSPS) is 15.7. The van der Waals surface area contributed by atoms with Crippen molar-refractivity contribution in [2.45, 2.75) is 26.3 Å². The minimum Gasteiger partial charge on any atom is -0.503 e. The number of carbonyl (C=O) groups excluding carboxylic acids is 2. The maximum atomic E-state index is 14.0. The van der Waals surface area contributed by atoms with Gasteiger partial charge in [-0.1, -0.05) is 66.2 Å². The number of aliphatic hydroxyl groups excluding tert-OH is 1. The number of aromatic nitrogens is 1. The first-order chi connectivity index (χ1) is 18.5. The number of benzene rings is 3. The molecule has 2 heterocycles. The van der Waals surface area contributed by atoms with E-state index in [4.69, 9.17) is 0 Å². The summed E-state index contributed by atoms with van der Waals surface area (Å²) in [4.78, 5) is 33.3. The average molecular weight is 551 g/mol. The fourth-order valence-corrected chi connectivity index (χ4v) is 5.55. The van der Waals surface area contributed by atoms with Crippen LogP contribution in [-0.4, -0.2) is 28.1 Å². The molecule has 4 aromatic rings. The van der Waals surface area contributed by atoms with E-state index in [9.17, 15) is 27.9 Å². The van der Waals surface area contributed by atoms with Crippen molar-refractivity contribution in [3.63, 3.8) is 0 Å². The van der Waals surface area contributed by atoms with Crippen molar-refractivity contribution in [3.8, 4) is 16.3 Å². The summed E-state index contributed by atoms with van der Waals surface area (Å²) in [5.41, 5.74) is 2.41. The smallest absolute Gasteiger partial charge is 0.503 e. The van der Waals surface area contributed by atoms with Crippen molar-refractivity contribution < 1.29 is 32.6 Å². The van der Waals surface area contributed by atoms with Crippen LogP contribution in [0.1, 0.15) is 32.5 Å². The Morgan fingerprint density at radius 2 is 1.72 bits per heavy atom. The molecular formula is C29H21F3N2O4S. The van der Waals surface area contributed by atoms with Crippen molar-refractivity contribution in [1.29, 1.82) is 0 Å². The number of aryl methyl sites for hydroxylation is 2. The topological polar surface area (TPSA) is 79.7 Å². The summed E-state index contributed by atoms with van der Waals surface area (Å²) in [5, 5.41) is 11.6. The predicted molar refractivity (Wildman–Crippen MR) is 141 cm³/mol. The summed E-state index contributed by atoms with van der Waals surface area (Å²) in [7, 11) is 0. The predicted octanol–water partition coefficient (Wildman–Crippen LogP) is 7.11. The van der Waals surface area contributed by atoms with Gasteiger partial charge in [-0.25, -0.2) is 4.98 Å². The van der Waals surface area contributed by atoms with E-state index in [0.717, 1.165) is 39.5 Å². The van der Waals surface area contributed by atoms with Crippen LogP contribution in [0.4, 0.5) is 18.9 Å². The molecule has 10 heteroatoms. The van der Waals surface area contributed by atoms with Gasteiger partial charge in [0.05, 0.1) is 22.2 Å². The largest absolute Gasteiger partial charge is 0.573 e. The summed E-state index contributed by atoms with van der Waals surface area (Å²) in [5.74, 6) is -2.82. The van der Waals surface area contributed by atoms with Gasteiger partial charge in [0.25, 0.3) is 5.91 Å². The highest BCUT2D eigenvalue weighted by Crippen LogP contribution is 2.44. The van der Waals surface area contributed by atoms with Gasteiger partial charge in [-0.15, -0.1) is 24.5 Å². The van der Waals surface area contributed by atoms with Crippen LogP contribution in [0.3, 0.4) is 0 Å². The molecule has 0 bridgehead atoms. The first kappa shape index (κ1) is 26.2. The van der Waals surface area contributed by atoms with E-state index in [-0.39, 0.29) is 16.1 Å². The van der Waals surface area contributed by atoms with Gasteiger partial charge in [-0.05, 0) is 31.5 Å². The number of anilines is 1.